The van der Waals surface area contributed by atoms with Crippen molar-refractivity contribution in [1.29, 1.82) is 0 Å². The Morgan fingerprint density at radius 3 is 2.64 bits per heavy atom. The summed E-state index contributed by atoms with van der Waals surface area (Å²) in [4.78, 5) is 8.32. The lowest BCUT2D eigenvalue weighted by molar-refractivity contribution is 0.396. The van der Waals surface area contributed by atoms with E-state index in [0.29, 0.717) is 21.2 Å². The molecule has 22 heavy (non-hydrogen) atoms. The zero-order valence-electron chi connectivity index (χ0n) is 11.0. The Labute approximate surface area is 131 Å². The van der Waals surface area contributed by atoms with Gasteiger partial charge in [0, 0.05) is 18.3 Å². The van der Waals surface area contributed by atoms with Crippen LogP contribution in [0.3, 0.4) is 0 Å². The van der Waals surface area contributed by atoms with Crippen LogP contribution in [0.1, 0.15) is 0 Å². The van der Waals surface area contributed by atoms with Crippen LogP contribution in [-0.4, -0.2) is 25.7 Å². The van der Waals surface area contributed by atoms with Crippen LogP contribution in [0, 0.1) is 11.6 Å². The molecule has 6 nitrogen and oxygen atoms in total. The molecule has 0 atom stereocenters. The van der Waals surface area contributed by atoms with Gasteiger partial charge < -0.3 is 5.11 Å². The van der Waals surface area contributed by atoms with Gasteiger partial charge in [-0.3, -0.25) is 0 Å². The Kier molecular flexibility index (Phi) is 3.94. The van der Waals surface area contributed by atoms with Gasteiger partial charge in [-0.25, -0.2) is 18.7 Å². The summed E-state index contributed by atoms with van der Waals surface area (Å²) in [6.07, 6.45) is 3.42. The van der Waals surface area contributed by atoms with Crippen molar-refractivity contribution in [3.05, 3.63) is 30.0 Å². The number of azo groups is 1. The largest absolute Gasteiger partial charge is 0.503 e. The lowest BCUT2D eigenvalue weighted by Crippen LogP contribution is -1.84. The predicted molar refractivity (Wildman–Crippen MR) is 79.2 cm³/mol. The fraction of sp³-hybridized carbons (Fsp3) is 0.0833. The van der Waals surface area contributed by atoms with Gasteiger partial charge in [0.2, 0.25) is 0 Å². The molecule has 0 saturated carbocycles. The summed E-state index contributed by atoms with van der Waals surface area (Å²) in [5.74, 6) is -3.24. The second-order valence-corrected chi connectivity index (χ2v) is 5.56. The molecule has 2 aromatic heterocycles. The number of rotatable bonds is 3. The van der Waals surface area contributed by atoms with Crippen molar-refractivity contribution < 1.29 is 13.9 Å². The molecule has 0 aliphatic carbocycles. The normalized spacial score (nSPS) is 11.6. The molecule has 0 unspecified atom stereocenters. The van der Waals surface area contributed by atoms with Gasteiger partial charge >= 0.3 is 0 Å². The molecule has 0 fully saturated rings. The molecule has 3 aromatic rings. The number of fused-ring (bicyclic) bond motifs is 1. The molecule has 0 radical (unpaired) electrons. The minimum absolute atomic E-state index is 0.0593. The molecule has 0 amide bonds. The van der Waals surface area contributed by atoms with E-state index in [-0.39, 0.29) is 5.69 Å². The number of aromatic hydroxyl groups is 1. The number of halogens is 2. The Morgan fingerprint density at radius 2 is 1.95 bits per heavy atom. The SMILES string of the molecule is CSc1ncc2c(N=Nc3cc(F)c(O)c(F)c3)snc2n1. The highest BCUT2D eigenvalue weighted by Gasteiger charge is 2.11. The van der Waals surface area contributed by atoms with Crippen molar-refractivity contribution in [2.24, 2.45) is 10.2 Å². The highest BCUT2D eigenvalue weighted by atomic mass is 32.2. The van der Waals surface area contributed by atoms with E-state index in [4.69, 9.17) is 5.11 Å². The highest BCUT2D eigenvalue weighted by molar-refractivity contribution is 7.98. The molecule has 1 aromatic carbocycles. The third-order valence-corrected chi connectivity index (χ3v) is 3.94. The zero-order valence-corrected chi connectivity index (χ0v) is 12.6. The van der Waals surface area contributed by atoms with E-state index in [1.165, 1.54) is 11.8 Å². The Morgan fingerprint density at radius 1 is 1.23 bits per heavy atom. The molecular weight excluding hydrogens is 332 g/mol. The van der Waals surface area contributed by atoms with Crippen LogP contribution in [0.4, 0.5) is 19.5 Å². The van der Waals surface area contributed by atoms with Crippen molar-refractivity contribution in [1.82, 2.24) is 14.3 Å². The van der Waals surface area contributed by atoms with Crippen LogP contribution in [0.25, 0.3) is 11.0 Å². The average Bonchev–Trinajstić information content (AvgIpc) is 2.92. The molecule has 0 aliphatic rings. The molecule has 0 bridgehead atoms. The first kappa shape index (κ1) is 14.7. The second kappa shape index (κ2) is 5.89. The monoisotopic (exact) mass is 339 g/mol. The minimum atomic E-state index is -1.10. The first-order chi connectivity index (χ1) is 10.6. The summed E-state index contributed by atoms with van der Waals surface area (Å²) in [5, 5.41) is 18.3. The number of thioether (sulfide) groups is 1. The lowest BCUT2D eigenvalue weighted by atomic mass is 10.3. The number of hydrogen-bond acceptors (Lipinski definition) is 8. The van der Waals surface area contributed by atoms with Gasteiger partial charge in [0.25, 0.3) is 0 Å². The molecular formula is C12H7F2N5OS2. The third kappa shape index (κ3) is 2.74. The van der Waals surface area contributed by atoms with E-state index in [1.54, 1.807) is 6.20 Å². The van der Waals surface area contributed by atoms with Crippen LogP contribution in [0.15, 0.2) is 33.7 Å². The number of aromatic nitrogens is 3. The molecule has 1 N–H and O–H groups in total. The van der Waals surface area contributed by atoms with Crippen molar-refractivity contribution >= 4 is 45.0 Å². The topological polar surface area (TPSA) is 83.6 Å². The number of hydrogen-bond donors (Lipinski definition) is 1. The third-order valence-electron chi connectivity index (χ3n) is 2.64. The van der Waals surface area contributed by atoms with Gasteiger partial charge in [0.15, 0.2) is 33.2 Å². The van der Waals surface area contributed by atoms with Crippen LogP contribution in [0.2, 0.25) is 0 Å². The van der Waals surface area contributed by atoms with Gasteiger partial charge in [-0.2, -0.15) is 4.37 Å². The molecule has 0 spiro atoms. The summed E-state index contributed by atoms with van der Waals surface area (Å²) in [5.41, 5.74) is 0.428. The molecule has 0 aliphatic heterocycles. The summed E-state index contributed by atoms with van der Waals surface area (Å²) in [6.45, 7) is 0. The summed E-state index contributed by atoms with van der Waals surface area (Å²) in [7, 11) is 0. The molecule has 112 valence electrons. The lowest BCUT2D eigenvalue weighted by Gasteiger charge is -1.98. The highest BCUT2D eigenvalue weighted by Crippen LogP contribution is 2.32. The quantitative estimate of drug-likeness (QED) is 0.439. The number of phenolic OH excluding ortho intramolecular Hbond substituents is 1. The zero-order chi connectivity index (χ0) is 15.7. The van der Waals surface area contributed by atoms with Crippen LogP contribution in [-0.2, 0) is 0 Å². The predicted octanol–water partition coefficient (Wildman–Crippen LogP) is 4.21. The summed E-state index contributed by atoms with van der Waals surface area (Å²) >= 11 is 2.44. The van der Waals surface area contributed by atoms with E-state index in [1.807, 2.05) is 6.26 Å². The maximum atomic E-state index is 13.2. The average molecular weight is 339 g/mol. The number of benzene rings is 1. The fourth-order valence-electron chi connectivity index (χ4n) is 1.60. The number of phenols is 1. The summed E-state index contributed by atoms with van der Waals surface area (Å²) in [6, 6.07) is 1.76. The van der Waals surface area contributed by atoms with Gasteiger partial charge in [-0.15, -0.1) is 10.2 Å². The molecule has 0 saturated heterocycles. The van der Waals surface area contributed by atoms with Gasteiger partial charge in [-0.1, -0.05) is 11.8 Å². The van der Waals surface area contributed by atoms with E-state index >= 15 is 0 Å². The fourth-order valence-corrected chi connectivity index (χ4v) is 2.56. The van der Waals surface area contributed by atoms with Gasteiger partial charge in [0.05, 0.1) is 11.1 Å². The van der Waals surface area contributed by atoms with Crippen molar-refractivity contribution in [2.75, 3.05) is 6.26 Å². The second-order valence-electron chi connectivity index (χ2n) is 4.04. The number of nitrogens with zero attached hydrogens (tertiary/aromatic N) is 5. The maximum Gasteiger partial charge on any atom is 0.189 e. The van der Waals surface area contributed by atoms with E-state index in [2.05, 4.69) is 24.6 Å². The van der Waals surface area contributed by atoms with Crippen molar-refractivity contribution in [3.8, 4) is 5.75 Å². The van der Waals surface area contributed by atoms with Gasteiger partial charge in [0.1, 0.15) is 0 Å². The Balaban J connectivity index is 1.96. The van der Waals surface area contributed by atoms with Gasteiger partial charge in [-0.05, 0) is 17.8 Å². The maximum absolute atomic E-state index is 13.2. The first-order valence-corrected chi connectivity index (χ1v) is 7.84. The molecule has 2 heterocycles. The van der Waals surface area contributed by atoms with E-state index in [0.717, 1.165) is 23.7 Å². The minimum Gasteiger partial charge on any atom is -0.503 e. The Bertz CT molecular complexity index is 860. The first-order valence-electron chi connectivity index (χ1n) is 5.84. The molecule has 10 heteroatoms. The van der Waals surface area contributed by atoms with E-state index in [9.17, 15) is 8.78 Å². The standard InChI is InChI=1S/C12H7F2N5OS2/c1-21-12-15-4-6-10(16-12)19-22-11(6)18-17-5-2-7(13)9(20)8(14)3-5/h2-4,20H,1H3. The van der Waals surface area contributed by atoms with Crippen LogP contribution >= 0.6 is 23.3 Å². The van der Waals surface area contributed by atoms with Crippen LogP contribution < -0.4 is 0 Å². The summed E-state index contributed by atoms with van der Waals surface area (Å²) < 4.78 is 30.6. The molecule has 3 rings (SSSR count). The Hall–Kier alpha value is -2.20. The van der Waals surface area contributed by atoms with E-state index < -0.39 is 17.4 Å². The van der Waals surface area contributed by atoms with Crippen molar-refractivity contribution in [3.63, 3.8) is 0 Å². The smallest absolute Gasteiger partial charge is 0.189 e. The van der Waals surface area contributed by atoms with Crippen molar-refractivity contribution in [2.45, 2.75) is 5.16 Å². The van der Waals surface area contributed by atoms with Crippen LogP contribution in [0.5, 0.6) is 5.75 Å².